The molecule has 1 heterocycles. The van der Waals surface area contributed by atoms with Crippen molar-refractivity contribution >= 4 is 10.2 Å². The summed E-state index contributed by atoms with van der Waals surface area (Å²) in [7, 11) is -3.40. The average Bonchev–Trinajstić information content (AvgIpc) is 2.47. The van der Waals surface area contributed by atoms with Crippen LogP contribution < -0.4 is 10.0 Å². The van der Waals surface area contributed by atoms with Gasteiger partial charge in [0.25, 0.3) is 10.2 Å². The Labute approximate surface area is 113 Å². The van der Waals surface area contributed by atoms with Crippen LogP contribution in [0.25, 0.3) is 0 Å². The van der Waals surface area contributed by atoms with Gasteiger partial charge in [0.2, 0.25) is 0 Å². The van der Waals surface area contributed by atoms with Crippen molar-refractivity contribution in [2.24, 2.45) is 0 Å². The SMILES string of the molecule is O=S(=O)(NCc1ccc(CO)cc1)N1CCNCC1. The Balaban J connectivity index is 1.92. The maximum absolute atomic E-state index is 12.0. The second-order valence-electron chi connectivity index (χ2n) is 4.45. The highest BCUT2D eigenvalue weighted by Crippen LogP contribution is 2.06. The van der Waals surface area contributed by atoms with E-state index in [1.165, 1.54) is 4.31 Å². The lowest BCUT2D eigenvalue weighted by Crippen LogP contribution is -2.50. The fourth-order valence-electron chi connectivity index (χ4n) is 1.91. The number of benzene rings is 1. The Morgan fingerprint density at radius 1 is 1.16 bits per heavy atom. The van der Waals surface area contributed by atoms with E-state index in [1.807, 2.05) is 12.1 Å². The third-order valence-corrected chi connectivity index (χ3v) is 4.63. The van der Waals surface area contributed by atoms with Crippen molar-refractivity contribution < 1.29 is 13.5 Å². The number of aliphatic hydroxyl groups excluding tert-OH is 1. The van der Waals surface area contributed by atoms with Crippen LogP contribution in [0, 0.1) is 0 Å². The molecule has 6 nitrogen and oxygen atoms in total. The predicted octanol–water partition coefficient (Wildman–Crippen LogP) is -0.581. The highest BCUT2D eigenvalue weighted by molar-refractivity contribution is 7.87. The molecule has 0 saturated carbocycles. The summed E-state index contributed by atoms with van der Waals surface area (Å²) in [5.74, 6) is 0. The first-order chi connectivity index (χ1) is 9.12. The van der Waals surface area contributed by atoms with Crippen molar-refractivity contribution in [3.63, 3.8) is 0 Å². The molecule has 0 spiro atoms. The molecule has 7 heteroatoms. The highest BCUT2D eigenvalue weighted by atomic mass is 32.2. The minimum Gasteiger partial charge on any atom is -0.392 e. The first-order valence-electron chi connectivity index (χ1n) is 6.26. The Morgan fingerprint density at radius 2 is 1.74 bits per heavy atom. The van der Waals surface area contributed by atoms with Gasteiger partial charge in [0.05, 0.1) is 6.61 Å². The van der Waals surface area contributed by atoms with E-state index >= 15 is 0 Å². The number of aliphatic hydroxyl groups is 1. The van der Waals surface area contributed by atoms with E-state index in [4.69, 9.17) is 5.11 Å². The van der Waals surface area contributed by atoms with Gasteiger partial charge in [-0.3, -0.25) is 0 Å². The van der Waals surface area contributed by atoms with Crippen molar-refractivity contribution in [3.05, 3.63) is 35.4 Å². The third-order valence-electron chi connectivity index (χ3n) is 3.08. The smallest absolute Gasteiger partial charge is 0.279 e. The van der Waals surface area contributed by atoms with E-state index in [0.29, 0.717) is 26.2 Å². The molecular weight excluding hydrogens is 266 g/mol. The Kier molecular flexibility index (Phi) is 4.89. The van der Waals surface area contributed by atoms with Crippen molar-refractivity contribution in [1.29, 1.82) is 0 Å². The van der Waals surface area contributed by atoms with Crippen molar-refractivity contribution in [2.45, 2.75) is 13.2 Å². The van der Waals surface area contributed by atoms with E-state index in [0.717, 1.165) is 11.1 Å². The van der Waals surface area contributed by atoms with Crippen LogP contribution in [-0.4, -0.2) is 44.0 Å². The van der Waals surface area contributed by atoms with Crippen LogP contribution in [0.5, 0.6) is 0 Å². The van der Waals surface area contributed by atoms with Crippen LogP contribution in [0.4, 0.5) is 0 Å². The summed E-state index contributed by atoms with van der Waals surface area (Å²) < 4.78 is 28.1. The fraction of sp³-hybridized carbons (Fsp3) is 0.500. The molecule has 1 aromatic carbocycles. The molecule has 106 valence electrons. The molecule has 19 heavy (non-hydrogen) atoms. The molecule has 1 aliphatic rings. The molecular formula is C12H19N3O3S. The minimum atomic E-state index is -3.40. The number of rotatable bonds is 5. The molecule has 2 rings (SSSR count). The predicted molar refractivity (Wildman–Crippen MR) is 72.6 cm³/mol. The number of nitrogens with zero attached hydrogens (tertiary/aromatic N) is 1. The summed E-state index contributed by atoms with van der Waals surface area (Å²) >= 11 is 0. The van der Waals surface area contributed by atoms with Gasteiger partial charge in [-0.15, -0.1) is 0 Å². The van der Waals surface area contributed by atoms with Crippen LogP contribution in [0.15, 0.2) is 24.3 Å². The Morgan fingerprint density at radius 3 is 2.32 bits per heavy atom. The first kappa shape index (κ1) is 14.4. The van der Waals surface area contributed by atoms with Gasteiger partial charge < -0.3 is 10.4 Å². The lowest BCUT2D eigenvalue weighted by atomic mass is 10.1. The second kappa shape index (κ2) is 6.44. The van der Waals surface area contributed by atoms with Crippen molar-refractivity contribution in [1.82, 2.24) is 14.3 Å². The lowest BCUT2D eigenvalue weighted by molar-refractivity contribution is 0.282. The summed E-state index contributed by atoms with van der Waals surface area (Å²) in [6, 6.07) is 7.19. The van der Waals surface area contributed by atoms with E-state index in [1.54, 1.807) is 12.1 Å². The molecule has 0 bridgehead atoms. The first-order valence-corrected chi connectivity index (χ1v) is 7.70. The normalized spacial score (nSPS) is 17.5. The molecule has 0 radical (unpaired) electrons. The molecule has 0 aliphatic carbocycles. The molecule has 1 aliphatic heterocycles. The molecule has 1 fully saturated rings. The van der Waals surface area contributed by atoms with Gasteiger partial charge in [0, 0.05) is 32.7 Å². The average molecular weight is 285 g/mol. The monoisotopic (exact) mass is 285 g/mol. The molecule has 3 N–H and O–H groups in total. The number of hydrogen-bond acceptors (Lipinski definition) is 4. The van der Waals surface area contributed by atoms with E-state index in [2.05, 4.69) is 10.0 Å². The van der Waals surface area contributed by atoms with E-state index in [9.17, 15) is 8.42 Å². The zero-order valence-corrected chi connectivity index (χ0v) is 11.5. The summed E-state index contributed by atoms with van der Waals surface area (Å²) in [5.41, 5.74) is 1.68. The molecule has 0 aromatic heterocycles. The fourth-order valence-corrected chi connectivity index (χ4v) is 3.11. The summed E-state index contributed by atoms with van der Waals surface area (Å²) in [6.45, 7) is 2.63. The standard InChI is InChI=1S/C12H19N3O3S/c16-10-12-3-1-11(2-4-12)9-14-19(17,18)15-7-5-13-6-8-15/h1-4,13-14,16H,5-10H2. The van der Waals surface area contributed by atoms with Gasteiger partial charge in [-0.1, -0.05) is 24.3 Å². The van der Waals surface area contributed by atoms with Gasteiger partial charge in [0.15, 0.2) is 0 Å². The van der Waals surface area contributed by atoms with Crippen LogP contribution in [0.3, 0.4) is 0 Å². The van der Waals surface area contributed by atoms with Crippen molar-refractivity contribution in [3.8, 4) is 0 Å². The van der Waals surface area contributed by atoms with Gasteiger partial charge in [-0.2, -0.15) is 17.4 Å². The van der Waals surface area contributed by atoms with Gasteiger partial charge in [-0.05, 0) is 11.1 Å². The van der Waals surface area contributed by atoms with Crippen LogP contribution in [-0.2, 0) is 23.4 Å². The van der Waals surface area contributed by atoms with Gasteiger partial charge >= 0.3 is 0 Å². The molecule has 0 atom stereocenters. The highest BCUT2D eigenvalue weighted by Gasteiger charge is 2.22. The Bertz CT molecular complexity index is 495. The maximum Gasteiger partial charge on any atom is 0.279 e. The molecule has 0 amide bonds. The number of nitrogens with one attached hydrogen (secondary N) is 2. The van der Waals surface area contributed by atoms with Crippen LogP contribution in [0.1, 0.15) is 11.1 Å². The Hall–Kier alpha value is -0.990. The minimum absolute atomic E-state index is 0.00716. The van der Waals surface area contributed by atoms with Gasteiger partial charge in [0.1, 0.15) is 0 Å². The van der Waals surface area contributed by atoms with E-state index < -0.39 is 10.2 Å². The van der Waals surface area contributed by atoms with E-state index in [-0.39, 0.29) is 13.2 Å². The van der Waals surface area contributed by atoms with Crippen LogP contribution in [0.2, 0.25) is 0 Å². The quantitative estimate of drug-likeness (QED) is 0.676. The second-order valence-corrected chi connectivity index (χ2v) is 6.21. The summed E-state index contributed by atoms with van der Waals surface area (Å²) in [6.07, 6.45) is 0. The number of hydrogen-bond donors (Lipinski definition) is 3. The summed E-state index contributed by atoms with van der Waals surface area (Å²) in [5, 5.41) is 12.0. The molecule has 1 aromatic rings. The molecule has 1 saturated heterocycles. The zero-order valence-electron chi connectivity index (χ0n) is 10.7. The maximum atomic E-state index is 12.0. The molecule has 0 unspecified atom stereocenters. The lowest BCUT2D eigenvalue weighted by Gasteiger charge is -2.26. The number of piperazine rings is 1. The largest absolute Gasteiger partial charge is 0.392 e. The summed E-state index contributed by atoms with van der Waals surface area (Å²) in [4.78, 5) is 0. The third kappa shape index (κ3) is 3.99. The topological polar surface area (TPSA) is 81.7 Å². The van der Waals surface area contributed by atoms with Crippen molar-refractivity contribution in [2.75, 3.05) is 26.2 Å². The van der Waals surface area contributed by atoms with Crippen LogP contribution >= 0.6 is 0 Å². The zero-order chi connectivity index (χ0) is 13.7. The van der Waals surface area contributed by atoms with Gasteiger partial charge in [-0.25, -0.2) is 0 Å².